The van der Waals surface area contributed by atoms with Gasteiger partial charge >= 0.3 is 0 Å². The van der Waals surface area contributed by atoms with Crippen molar-refractivity contribution in [2.75, 3.05) is 21.2 Å². The topological polar surface area (TPSA) is 29.5 Å². The molecule has 0 heterocycles. The predicted octanol–water partition coefficient (Wildman–Crippen LogP) is 3.12. The van der Waals surface area contributed by atoms with Crippen LogP contribution in [0.5, 0.6) is 5.75 Å². The summed E-state index contributed by atoms with van der Waals surface area (Å²) in [6, 6.07) is 5.35. The molecule has 0 aromatic heterocycles. The highest BCUT2D eigenvalue weighted by atomic mass is 35.5. The van der Waals surface area contributed by atoms with Crippen molar-refractivity contribution in [3.63, 3.8) is 0 Å². The van der Waals surface area contributed by atoms with Gasteiger partial charge in [-0.15, -0.1) is 0 Å². The van der Waals surface area contributed by atoms with Crippen LogP contribution in [0.25, 0.3) is 0 Å². The molecule has 0 aliphatic rings. The third-order valence-electron chi connectivity index (χ3n) is 1.71. The maximum absolute atomic E-state index is 11.5. The number of halogens is 1. The number of thioether (sulfide) groups is 1. The molecule has 0 atom stereocenters. The van der Waals surface area contributed by atoms with Crippen molar-refractivity contribution in [1.82, 2.24) is 4.90 Å². The second-order valence-electron chi connectivity index (χ2n) is 3.03. The number of hydrogen-bond donors (Lipinski definition) is 0. The summed E-state index contributed by atoms with van der Waals surface area (Å²) in [7, 11) is 4.94. The predicted molar refractivity (Wildman–Crippen MR) is 62.9 cm³/mol. The first kappa shape index (κ1) is 12.2. The van der Waals surface area contributed by atoms with E-state index in [0.717, 1.165) is 11.8 Å². The van der Waals surface area contributed by atoms with Crippen LogP contribution >= 0.6 is 23.4 Å². The molecule has 0 saturated heterocycles. The van der Waals surface area contributed by atoms with E-state index >= 15 is 0 Å². The minimum absolute atomic E-state index is 0.0647. The maximum atomic E-state index is 11.5. The van der Waals surface area contributed by atoms with Crippen molar-refractivity contribution >= 4 is 28.6 Å². The van der Waals surface area contributed by atoms with E-state index in [0.29, 0.717) is 15.7 Å². The minimum Gasteiger partial charge on any atom is -0.495 e. The number of methoxy groups -OCH3 is 1. The van der Waals surface area contributed by atoms with Gasteiger partial charge in [0.15, 0.2) is 0 Å². The Morgan fingerprint density at radius 2 is 2.13 bits per heavy atom. The Balaban J connectivity index is 2.91. The summed E-state index contributed by atoms with van der Waals surface area (Å²) in [4.78, 5) is 13.7. The van der Waals surface area contributed by atoms with E-state index in [-0.39, 0.29) is 5.24 Å². The number of hydrogen-bond acceptors (Lipinski definition) is 3. The van der Waals surface area contributed by atoms with Crippen molar-refractivity contribution in [2.24, 2.45) is 0 Å². The Labute approximate surface area is 98.4 Å². The van der Waals surface area contributed by atoms with Crippen LogP contribution in [0.1, 0.15) is 0 Å². The zero-order valence-electron chi connectivity index (χ0n) is 8.78. The molecule has 0 aliphatic carbocycles. The quantitative estimate of drug-likeness (QED) is 0.750. The molecule has 5 heteroatoms. The fraction of sp³-hybridized carbons (Fsp3) is 0.300. The third-order valence-corrected chi connectivity index (χ3v) is 3.31. The van der Waals surface area contributed by atoms with Gasteiger partial charge in [0, 0.05) is 19.0 Å². The smallest absolute Gasteiger partial charge is 0.285 e. The highest BCUT2D eigenvalue weighted by Crippen LogP contribution is 2.35. The lowest BCUT2D eigenvalue weighted by Gasteiger charge is -2.11. The van der Waals surface area contributed by atoms with Gasteiger partial charge in [0.2, 0.25) is 0 Å². The molecule has 0 N–H and O–H groups in total. The van der Waals surface area contributed by atoms with E-state index in [1.807, 2.05) is 0 Å². The van der Waals surface area contributed by atoms with Gasteiger partial charge in [-0.1, -0.05) is 17.7 Å². The van der Waals surface area contributed by atoms with Crippen molar-refractivity contribution < 1.29 is 9.53 Å². The fourth-order valence-electron chi connectivity index (χ4n) is 0.912. The number of amides is 1. The fourth-order valence-corrected chi connectivity index (χ4v) is 1.94. The van der Waals surface area contributed by atoms with Gasteiger partial charge in [-0.3, -0.25) is 4.79 Å². The number of carbonyl (C=O) groups is 1. The Morgan fingerprint density at radius 3 is 2.67 bits per heavy atom. The number of carbonyl (C=O) groups excluding carboxylic acids is 1. The minimum atomic E-state index is -0.0647. The first-order chi connectivity index (χ1) is 7.06. The molecule has 1 amide bonds. The normalized spacial score (nSPS) is 9.87. The molecule has 0 unspecified atom stereocenters. The van der Waals surface area contributed by atoms with Gasteiger partial charge in [-0.2, -0.15) is 0 Å². The van der Waals surface area contributed by atoms with E-state index in [4.69, 9.17) is 16.3 Å². The Morgan fingerprint density at radius 1 is 1.47 bits per heavy atom. The van der Waals surface area contributed by atoms with E-state index in [2.05, 4.69) is 0 Å². The molecule has 0 radical (unpaired) electrons. The standard InChI is InChI=1S/C10H12ClNO2S/c1-12(2)10(13)15-8-6-4-5-7(14-3)9(8)11/h4-6H,1-3H3. The van der Waals surface area contributed by atoms with E-state index < -0.39 is 0 Å². The van der Waals surface area contributed by atoms with E-state index in [9.17, 15) is 4.79 Å². The van der Waals surface area contributed by atoms with Gasteiger partial charge in [0.05, 0.1) is 12.1 Å². The van der Waals surface area contributed by atoms with Crippen LogP contribution in [0, 0.1) is 0 Å². The first-order valence-electron chi connectivity index (χ1n) is 4.28. The lowest BCUT2D eigenvalue weighted by atomic mass is 10.3. The monoisotopic (exact) mass is 245 g/mol. The molecule has 0 spiro atoms. The van der Waals surface area contributed by atoms with Crippen molar-refractivity contribution in [3.8, 4) is 5.75 Å². The molecule has 1 aromatic rings. The average Bonchev–Trinajstić information content (AvgIpc) is 2.21. The molecule has 15 heavy (non-hydrogen) atoms. The number of benzene rings is 1. The maximum Gasteiger partial charge on any atom is 0.285 e. The Hall–Kier alpha value is -0.870. The van der Waals surface area contributed by atoms with Crippen LogP contribution < -0.4 is 4.74 Å². The van der Waals surface area contributed by atoms with Gasteiger partial charge in [0.25, 0.3) is 5.24 Å². The zero-order valence-corrected chi connectivity index (χ0v) is 10.4. The highest BCUT2D eigenvalue weighted by Gasteiger charge is 2.12. The van der Waals surface area contributed by atoms with Crippen LogP contribution in [-0.4, -0.2) is 31.3 Å². The van der Waals surface area contributed by atoms with Gasteiger partial charge in [-0.05, 0) is 23.9 Å². The number of nitrogens with zero attached hydrogens (tertiary/aromatic N) is 1. The van der Waals surface area contributed by atoms with Crippen LogP contribution in [0.3, 0.4) is 0 Å². The summed E-state index contributed by atoms with van der Waals surface area (Å²) in [6.45, 7) is 0. The average molecular weight is 246 g/mol. The molecule has 82 valence electrons. The molecule has 0 saturated carbocycles. The van der Waals surface area contributed by atoms with Crippen molar-refractivity contribution in [2.45, 2.75) is 4.90 Å². The molecular weight excluding hydrogens is 234 g/mol. The Bertz CT molecular complexity index is 368. The summed E-state index contributed by atoms with van der Waals surface area (Å²) >= 11 is 7.12. The molecule has 3 nitrogen and oxygen atoms in total. The Kier molecular flexibility index (Phi) is 4.29. The molecule has 0 bridgehead atoms. The molecule has 1 aromatic carbocycles. The zero-order chi connectivity index (χ0) is 11.4. The van der Waals surface area contributed by atoms with E-state index in [1.165, 1.54) is 4.90 Å². The summed E-state index contributed by atoms with van der Waals surface area (Å²) < 4.78 is 5.06. The summed E-state index contributed by atoms with van der Waals surface area (Å²) in [6.07, 6.45) is 0. The van der Waals surface area contributed by atoms with Gasteiger partial charge in [0.1, 0.15) is 5.75 Å². The second-order valence-corrected chi connectivity index (χ2v) is 4.41. The van der Waals surface area contributed by atoms with Crippen LogP contribution in [0.15, 0.2) is 23.1 Å². The molecular formula is C10H12ClNO2S. The molecule has 1 rings (SSSR count). The van der Waals surface area contributed by atoms with Crippen molar-refractivity contribution in [3.05, 3.63) is 23.2 Å². The van der Waals surface area contributed by atoms with Crippen LogP contribution in [0.4, 0.5) is 4.79 Å². The van der Waals surface area contributed by atoms with Gasteiger partial charge in [-0.25, -0.2) is 0 Å². The van der Waals surface area contributed by atoms with Crippen LogP contribution in [-0.2, 0) is 0 Å². The summed E-state index contributed by atoms with van der Waals surface area (Å²) in [5.41, 5.74) is 0. The lowest BCUT2D eigenvalue weighted by molar-refractivity contribution is 0.241. The second kappa shape index (κ2) is 5.28. The highest BCUT2D eigenvalue weighted by molar-refractivity contribution is 8.13. The summed E-state index contributed by atoms with van der Waals surface area (Å²) in [5, 5.41) is 0.408. The van der Waals surface area contributed by atoms with Crippen LogP contribution in [0.2, 0.25) is 5.02 Å². The molecule has 0 aliphatic heterocycles. The van der Waals surface area contributed by atoms with E-state index in [1.54, 1.807) is 39.4 Å². The van der Waals surface area contributed by atoms with Crippen molar-refractivity contribution in [1.29, 1.82) is 0 Å². The lowest BCUT2D eigenvalue weighted by Crippen LogP contribution is -2.16. The SMILES string of the molecule is COc1cccc(SC(=O)N(C)C)c1Cl. The third kappa shape index (κ3) is 3.04. The number of ether oxygens (including phenoxy) is 1. The number of rotatable bonds is 2. The van der Waals surface area contributed by atoms with Gasteiger partial charge < -0.3 is 9.64 Å². The largest absolute Gasteiger partial charge is 0.495 e. The molecule has 0 fully saturated rings. The first-order valence-corrected chi connectivity index (χ1v) is 5.47. The summed E-state index contributed by atoms with van der Waals surface area (Å²) in [5.74, 6) is 0.577.